The molecule has 7 nitrogen and oxygen atoms in total. The van der Waals surface area contributed by atoms with Gasteiger partial charge >= 0.3 is 13.2 Å². The molecule has 2 N–H and O–H groups in total. The Balaban J connectivity index is 2.16. The number of anilines is 2. The van der Waals surface area contributed by atoms with E-state index in [1.54, 1.807) is 0 Å². The van der Waals surface area contributed by atoms with Gasteiger partial charge in [0.15, 0.2) is 0 Å². The zero-order valence-electron chi connectivity index (χ0n) is 25.9. The Labute approximate surface area is 185 Å². The van der Waals surface area contributed by atoms with Crippen molar-refractivity contribution in [1.82, 2.24) is 4.90 Å². The highest BCUT2D eigenvalue weighted by Gasteiger charge is 2.51. The molecule has 160 valence electrons. The Morgan fingerprint density at radius 1 is 1.10 bits per heavy atom. The first-order valence-corrected chi connectivity index (χ1v) is 9.39. The molecule has 2 heterocycles. The largest absolute Gasteiger partial charge is 0.494 e. The monoisotopic (exact) mass is 411 g/mol. The summed E-state index contributed by atoms with van der Waals surface area (Å²) in [5, 5.41) is 0. The molecule has 8 heteroatoms. The van der Waals surface area contributed by atoms with Crippen LogP contribution in [-0.2, 0) is 14.0 Å². The third-order valence-electron chi connectivity index (χ3n) is 4.87. The van der Waals surface area contributed by atoms with E-state index in [1.165, 1.54) is 39.0 Å². The fourth-order valence-corrected chi connectivity index (χ4v) is 2.69. The highest BCUT2D eigenvalue weighted by molar-refractivity contribution is 6.62. The number of nitrogen functional groups attached to an aromatic ring is 1. The number of amides is 1. The molecule has 0 saturated carbocycles. The quantitative estimate of drug-likeness (QED) is 0.596. The van der Waals surface area contributed by atoms with Gasteiger partial charge in [0.25, 0.3) is 0 Å². The van der Waals surface area contributed by atoms with E-state index >= 15 is 0 Å². The molecule has 0 unspecified atom stereocenters. The number of nitrogens with zero attached hydrogens (tertiary/aromatic N) is 2. The van der Waals surface area contributed by atoms with Crippen molar-refractivity contribution in [3.63, 3.8) is 0 Å². The van der Waals surface area contributed by atoms with Gasteiger partial charge in [0.05, 0.1) is 22.2 Å². The van der Waals surface area contributed by atoms with Gasteiger partial charge in [-0.15, -0.1) is 0 Å². The molecule has 29 heavy (non-hydrogen) atoms. The summed E-state index contributed by atoms with van der Waals surface area (Å²) in [6.45, 7) is -1.63. The van der Waals surface area contributed by atoms with Crippen LogP contribution in [0, 0.1) is 0 Å². The van der Waals surface area contributed by atoms with Gasteiger partial charge < -0.3 is 29.6 Å². The van der Waals surface area contributed by atoms with Crippen molar-refractivity contribution in [3.8, 4) is 0 Å². The molecule has 2 fully saturated rings. The molecule has 0 atom stereocenters. The minimum absolute atomic E-state index is 0.0597. The summed E-state index contributed by atoms with van der Waals surface area (Å²) in [6.07, 6.45) is -1.54. The molecule has 0 radical (unpaired) electrons. The lowest BCUT2D eigenvalue weighted by molar-refractivity contribution is 0.00578. The molecule has 1 aromatic rings. The van der Waals surface area contributed by atoms with E-state index in [9.17, 15) is 4.79 Å². The summed E-state index contributed by atoms with van der Waals surface area (Å²) >= 11 is 0. The van der Waals surface area contributed by atoms with Crippen LogP contribution in [0.1, 0.15) is 59.4 Å². The summed E-state index contributed by atoms with van der Waals surface area (Å²) < 4.78 is 85.8. The summed E-state index contributed by atoms with van der Waals surface area (Å²) in [6, 6.07) is 4.00. The fourth-order valence-electron chi connectivity index (χ4n) is 2.69. The molecule has 3 rings (SSSR count). The number of nitrogens with two attached hydrogens (primary N) is 1. The van der Waals surface area contributed by atoms with Gasteiger partial charge in [-0.3, -0.25) is 0 Å². The van der Waals surface area contributed by atoms with E-state index in [2.05, 4.69) is 0 Å². The number of rotatable bonds is 2. The van der Waals surface area contributed by atoms with Crippen LogP contribution in [0.25, 0.3) is 0 Å². The molecular formula is C21H34BN3O4. The predicted molar refractivity (Wildman–Crippen MR) is 117 cm³/mol. The van der Waals surface area contributed by atoms with Crippen LogP contribution in [0.3, 0.4) is 0 Å². The van der Waals surface area contributed by atoms with Gasteiger partial charge in [-0.2, -0.15) is 0 Å². The van der Waals surface area contributed by atoms with Crippen molar-refractivity contribution < 1.29 is 29.8 Å². The number of ether oxygens (including phenoxy) is 1. The molecule has 2 saturated heterocycles. The van der Waals surface area contributed by atoms with Crippen molar-refractivity contribution >= 4 is 30.0 Å². The third-order valence-corrected chi connectivity index (χ3v) is 4.87. The molecule has 0 aliphatic carbocycles. The Morgan fingerprint density at radius 2 is 1.66 bits per heavy atom. The van der Waals surface area contributed by atoms with Gasteiger partial charge in [0, 0.05) is 37.4 Å². The van der Waals surface area contributed by atoms with Gasteiger partial charge in [-0.1, -0.05) is 0 Å². The van der Waals surface area contributed by atoms with Gasteiger partial charge in [0.1, 0.15) is 5.60 Å². The molecular weight excluding hydrogens is 369 g/mol. The highest BCUT2D eigenvalue weighted by Crippen LogP contribution is 2.37. The molecule has 2 aliphatic rings. The average Bonchev–Trinajstić information content (AvgIpc) is 2.85. The van der Waals surface area contributed by atoms with Crippen LogP contribution < -0.4 is 16.1 Å². The second-order valence-electron chi connectivity index (χ2n) is 9.04. The van der Waals surface area contributed by atoms with Crippen LogP contribution in [0.4, 0.5) is 16.2 Å². The Hall–Kier alpha value is -1.93. The van der Waals surface area contributed by atoms with Gasteiger partial charge in [-0.05, 0) is 72.1 Å². The van der Waals surface area contributed by atoms with E-state index in [-0.39, 0.29) is 16.3 Å². The van der Waals surface area contributed by atoms with Crippen LogP contribution in [0.15, 0.2) is 18.2 Å². The number of hydrogen-bond donors (Lipinski definition) is 1. The van der Waals surface area contributed by atoms with Crippen molar-refractivity contribution in [2.75, 3.05) is 36.6 Å². The normalized spacial score (nSPS) is 32.4. The number of carbonyl (C=O) groups excluding carboxylic acids is 1. The average molecular weight is 411 g/mol. The maximum Gasteiger partial charge on any atom is 0.494 e. The second kappa shape index (κ2) is 7.40. The minimum Gasteiger partial charge on any atom is -0.444 e. The first kappa shape index (κ1) is 13.4. The minimum atomic E-state index is -3.39. The standard InChI is InChI=1S/C21H34BN3O4/c1-19(2,3)27-18(26)25-10-8-24(9-11-25)17-13-15(12-16(23)14-17)22-28-20(4,5)21(6,7)29-22/h12-14H,8-11,23H2,1-7H3/i8D2,9D2,10D2,11D2. The summed E-state index contributed by atoms with van der Waals surface area (Å²) in [7, 11) is -0.958. The second-order valence-corrected chi connectivity index (χ2v) is 9.04. The van der Waals surface area contributed by atoms with Crippen LogP contribution in [0.5, 0.6) is 0 Å². The summed E-state index contributed by atoms with van der Waals surface area (Å²) in [4.78, 5) is 13.1. The number of benzene rings is 1. The Morgan fingerprint density at radius 3 is 2.17 bits per heavy atom. The SMILES string of the molecule is [2H]C1([2H])N(C(=O)OC(C)(C)C)C([2H])([2H])C([2H])([2H])N(c2cc(N)cc(B3OC(C)(C)C(C)(C)O3)c2)C1([2H])[2H]. The topological polar surface area (TPSA) is 77.3 Å². The third kappa shape index (κ3) is 4.81. The molecule has 1 amide bonds. The lowest BCUT2D eigenvalue weighted by Gasteiger charge is -2.37. The number of carbonyl (C=O) groups is 1. The maximum atomic E-state index is 12.9. The van der Waals surface area contributed by atoms with Crippen molar-refractivity contribution in [2.45, 2.75) is 65.3 Å². The lowest BCUT2D eigenvalue weighted by Crippen LogP contribution is -2.50. The molecule has 0 spiro atoms. The molecule has 0 aromatic heterocycles. The fraction of sp³-hybridized carbons (Fsp3) is 0.667. The zero-order valence-corrected chi connectivity index (χ0v) is 17.9. The summed E-state index contributed by atoms with van der Waals surface area (Å²) in [5.41, 5.74) is 3.55. The van der Waals surface area contributed by atoms with E-state index in [0.717, 1.165) is 0 Å². The van der Waals surface area contributed by atoms with Gasteiger partial charge in [0.2, 0.25) is 0 Å². The first-order chi connectivity index (χ1) is 16.3. The van der Waals surface area contributed by atoms with Gasteiger partial charge in [-0.25, -0.2) is 4.79 Å². The molecule has 0 bridgehead atoms. The zero-order chi connectivity index (χ0) is 28.8. The van der Waals surface area contributed by atoms with E-state index in [4.69, 9.17) is 30.7 Å². The maximum absolute atomic E-state index is 12.9. The number of hydrogen-bond acceptors (Lipinski definition) is 6. The highest BCUT2D eigenvalue weighted by atomic mass is 16.7. The van der Waals surface area contributed by atoms with E-state index < -0.39 is 56.0 Å². The van der Waals surface area contributed by atoms with Crippen LogP contribution >= 0.6 is 0 Å². The van der Waals surface area contributed by atoms with Crippen molar-refractivity contribution in [3.05, 3.63) is 18.2 Å². The van der Waals surface area contributed by atoms with Crippen LogP contribution in [-0.4, -0.2) is 60.9 Å². The molecule has 1 aromatic carbocycles. The molecule has 2 aliphatic heterocycles. The van der Waals surface area contributed by atoms with E-state index in [1.807, 2.05) is 27.7 Å². The summed E-state index contributed by atoms with van der Waals surface area (Å²) in [5.74, 6) is 0. The van der Waals surface area contributed by atoms with E-state index in [0.29, 0.717) is 10.4 Å². The predicted octanol–water partition coefficient (Wildman–Crippen LogP) is 2.63. The first-order valence-electron chi connectivity index (χ1n) is 13.4. The van der Waals surface area contributed by atoms with Crippen molar-refractivity contribution in [2.24, 2.45) is 0 Å². The van der Waals surface area contributed by atoms with Crippen molar-refractivity contribution in [1.29, 1.82) is 0 Å². The Kier molecular flexibility index (Phi) is 3.42. The Bertz CT molecular complexity index is 1050. The van der Waals surface area contributed by atoms with Crippen LogP contribution in [0.2, 0.25) is 0 Å². The number of piperazine rings is 1. The lowest BCUT2D eigenvalue weighted by atomic mass is 9.78. The smallest absolute Gasteiger partial charge is 0.444 e.